The van der Waals surface area contributed by atoms with Gasteiger partial charge >= 0.3 is 0 Å². The van der Waals surface area contributed by atoms with E-state index in [9.17, 15) is 4.79 Å². The van der Waals surface area contributed by atoms with E-state index in [1.807, 2.05) is 40.3 Å². The molecule has 0 aliphatic carbocycles. The van der Waals surface area contributed by atoms with E-state index in [2.05, 4.69) is 27.6 Å². The quantitative estimate of drug-likeness (QED) is 0.340. The second-order valence-electron chi connectivity index (χ2n) is 6.26. The maximum atomic E-state index is 12.3. The highest BCUT2D eigenvalue weighted by Gasteiger charge is 2.18. The van der Waals surface area contributed by atoms with Crippen LogP contribution in [0.25, 0.3) is 5.69 Å². The number of nitrogens with zero attached hydrogens (tertiary/aromatic N) is 3. The van der Waals surface area contributed by atoms with Crippen molar-refractivity contribution in [1.29, 1.82) is 0 Å². The summed E-state index contributed by atoms with van der Waals surface area (Å²) in [5, 5.41) is 15.1. The number of halogens is 2. The molecule has 2 aromatic heterocycles. The number of rotatable bonds is 7. The minimum Gasteiger partial charge on any atom is -0.344 e. The molecule has 1 amide bonds. The third-order valence-electron chi connectivity index (χ3n) is 4.21. The SMILES string of the molecule is O=C(NCc1nnc(SCc2ccccc2)n1-c1ccc(Cl)cc1Cl)c1cccs1. The molecule has 1 N–H and O–H groups in total. The Morgan fingerprint density at radius 3 is 2.63 bits per heavy atom. The molecule has 0 fully saturated rings. The molecule has 0 saturated carbocycles. The van der Waals surface area contributed by atoms with E-state index >= 15 is 0 Å². The predicted molar refractivity (Wildman–Crippen MR) is 123 cm³/mol. The van der Waals surface area contributed by atoms with Crippen LogP contribution in [0.4, 0.5) is 0 Å². The maximum Gasteiger partial charge on any atom is 0.261 e. The summed E-state index contributed by atoms with van der Waals surface area (Å²) < 4.78 is 1.86. The van der Waals surface area contributed by atoms with Gasteiger partial charge in [0.2, 0.25) is 0 Å². The van der Waals surface area contributed by atoms with Crippen LogP contribution in [0.1, 0.15) is 21.1 Å². The van der Waals surface area contributed by atoms with Crippen molar-refractivity contribution in [2.24, 2.45) is 0 Å². The largest absolute Gasteiger partial charge is 0.344 e. The Balaban J connectivity index is 1.62. The molecule has 2 heterocycles. The summed E-state index contributed by atoms with van der Waals surface area (Å²) in [6, 6.07) is 19.0. The van der Waals surface area contributed by atoms with Crippen LogP contribution in [0.15, 0.2) is 71.2 Å². The maximum absolute atomic E-state index is 12.3. The minimum absolute atomic E-state index is 0.153. The first kappa shape index (κ1) is 20.9. The van der Waals surface area contributed by atoms with Gasteiger partial charge in [0.25, 0.3) is 5.91 Å². The summed E-state index contributed by atoms with van der Waals surface area (Å²) >= 11 is 15.5. The van der Waals surface area contributed by atoms with E-state index in [-0.39, 0.29) is 12.5 Å². The van der Waals surface area contributed by atoms with Gasteiger partial charge in [-0.05, 0) is 35.2 Å². The molecule has 0 atom stereocenters. The normalized spacial score (nSPS) is 10.9. The van der Waals surface area contributed by atoms with Gasteiger partial charge < -0.3 is 5.32 Å². The molecular weight excluding hydrogens is 459 g/mol. The summed E-state index contributed by atoms with van der Waals surface area (Å²) in [4.78, 5) is 13.0. The molecule has 0 aliphatic heterocycles. The second-order valence-corrected chi connectivity index (χ2v) is 9.00. The van der Waals surface area contributed by atoms with Gasteiger partial charge in [-0.1, -0.05) is 71.4 Å². The number of thioether (sulfide) groups is 1. The molecule has 0 aliphatic rings. The summed E-state index contributed by atoms with van der Waals surface area (Å²) in [5.74, 6) is 1.16. The molecule has 30 heavy (non-hydrogen) atoms. The van der Waals surface area contributed by atoms with Crippen molar-refractivity contribution in [3.63, 3.8) is 0 Å². The molecule has 2 aromatic carbocycles. The van der Waals surface area contributed by atoms with Crippen LogP contribution in [-0.4, -0.2) is 20.7 Å². The van der Waals surface area contributed by atoms with Gasteiger partial charge in [0, 0.05) is 10.8 Å². The third-order valence-corrected chi connectivity index (χ3v) is 6.62. The lowest BCUT2D eigenvalue weighted by atomic mass is 10.2. The molecule has 4 rings (SSSR count). The Morgan fingerprint density at radius 1 is 1.07 bits per heavy atom. The first-order valence-corrected chi connectivity index (χ1v) is 11.6. The van der Waals surface area contributed by atoms with Crippen molar-refractivity contribution in [2.75, 3.05) is 0 Å². The van der Waals surface area contributed by atoms with Gasteiger partial charge in [-0.25, -0.2) is 0 Å². The summed E-state index contributed by atoms with van der Waals surface area (Å²) in [5.41, 5.74) is 1.88. The fourth-order valence-electron chi connectivity index (χ4n) is 2.79. The van der Waals surface area contributed by atoms with Crippen molar-refractivity contribution in [3.05, 3.63) is 92.4 Å². The molecule has 0 bridgehead atoms. The van der Waals surface area contributed by atoms with Gasteiger partial charge in [0.15, 0.2) is 11.0 Å². The number of thiophene rings is 1. The third kappa shape index (κ3) is 4.87. The summed E-state index contributed by atoms with van der Waals surface area (Å²) in [7, 11) is 0. The highest BCUT2D eigenvalue weighted by Crippen LogP contribution is 2.30. The Kier molecular flexibility index (Phi) is 6.74. The number of hydrogen-bond donors (Lipinski definition) is 1. The van der Waals surface area contributed by atoms with Gasteiger partial charge in [-0.3, -0.25) is 9.36 Å². The van der Waals surface area contributed by atoms with Crippen LogP contribution < -0.4 is 5.32 Å². The Labute approximate surface area is 192 Å². The van der Waals surface area contributed by atoms with Crippen molar-refractivity contribution < 1.29 is 4.79 Å². The first-order chi connectivity index (χ1) is 14.6. The average molecular weight is 475 g/mol. The minimum atomic E-state index is -0.153. The smallest absolute Gasteiger partial charge is 0.261 e. The molecule has 4 aromatic rings. The molecule has 0 saturated heterocycles. The van der Waals surface area contributed by atoms with Gasteiger partial charge in [-0.2, -0.15) is 0 Å². The predicted octanol–water partition coefficient (Wildman–Crippen LogP) is 5.86. The van der Waals surface area contributed by atoms with Crippen LogP contribution >= 0.6 is 46.3 Å². The van der Waals surface area contributed by atoms with Crippen molar-refractivity contribution >= 4 is 52.2 Å². The first-order valence-electron chi connectivity index (χ1n) is 9.00. The second kappa shape index (κ2) is 9.66. The van der Waals surface area contributed by atoms with E-state index in [4.69, 9.17) is 23.2 Å². The lowest BCUT2D eigenvalue weighted by Gasteiger charge is -2.12. The highest BCUT2D eigenvalue weighted by molar-refractivity contribution is 7.98. The van der Waals surface area contributed by atoms with E-state index in [0.717, 1.165) is 5.75 Å². The summed E-state index contributed by atoms with van der Waals surface area (Å²) in [6.45, 7) is 0.217. The molecular formula is C21H16Cl2N4OS2. The number of aromatic nitrogens is 3. The van der Waals surface area contributed by atoms with Crippen molar-refractivity contribution in [3.8, 4) is 5.69 Å². The Hall–Kier alpha value is -2.32. The number of amides is 1. The highest BCUT2D eigenvalue weighted by atomic mass is 35.5. The van der Waals surface area contributed by atoms with Gasteiger partial charge in [0.1, 0.15) is 0 Å². The zero-order valence-corrected chi connectivity index (χ0v) is 18.7. The monoisotopic (exact) mass is 474 g/mol. The lowest BCUT2D eigenvalue weighted by Crippen LogP contribution is -2.24. The van der Waals surface area contributed by atoms with E-state index in [0.29, 0.717) is 31.6 Å². The standard InChI is InChI=1S/C21H16Cl2N4OS2/c22-15-8-9-17(16(23)11-15)27-19(12-24-20(28)18-7-4-10-29-18)25-26-21(27)30-13-14-5-2-1-3-6-14/h1-11H,12-13H2,(H,24,28). The number of carbonyl (C=O) groups is 1. The van der Waals surface area contributed by atoms with Gasteiger partial charge in [0.05, 0.1) is 22.1 Å². The Bertz CT molecular complexity index is 1150. The average Bonchev–Trinajstić information content (AvgIpc) is 3.42. The van der Waals surface area contributed by atoms with Crippen LogP contribution in [0.2, 0.25) is 10.0 Å². The van der Waals surface area contributed by atoms with Crippen molar-refractivity contribution in [1.82, 2.24) is 20.1 Å². The molecule has 5 nitrogen and oxygen atoms in total. The van der Waals surface area contributed by atoms with Crippen LogP contribution in [-0.2, 0) is 12.3 Å². The molecule has 0 radical (unpaired) electrons. The lowest BCUT2D eigenvalue weighted by molar-refractivity contribution is 0.0953. The molecule has 0 spiro atoms. The Morgan fingerprint density at radius 2 is 1.90 bits per heavy atom. The number of nitrogens with one attached hydrogen (secondary N) is 1. The van der Waals surface area contributed by atoms with E-state index < -0.39 is 0 Å². The van der Waals surface area contributed by atoms with Crippen LogP contribution in [0, 0.1) is 0 Å². The molecule has 0 unspecified atom stereocenters. The van der Waals surface area contributed by atoms with Crippen LogP contribution in [0.3, 0.4) is 0 Å². The number of hydrogen-bond acceptors (Lipinski definition) is 5. The molecule has 9 heteroatoms. The topological polar surface area (TPSA) is 59.8 Å². The van der Waals surface area contributed by atoms with E-state index in [1.165, 1.54) is 16.9 Å². The fourth-order valence-corrected chi connectivity index (χ4v) is 4.84. The molecule has 152 valence electrons. The zero-order valence-electron chi connectivity index (χ0n) is 15.6. The number of carbonyl (C=O) groups excluding carboxylic acids is 1. The van der Waals surface area contributed by atoms with E-state index in [1.54, 1.807) is 30.0 Å². The summed E-state index contributed by atoms with van der Waals surface area (Å²) in [6.07, 6.45) is 0. The number of benzene rings is 2. The van der Waals surface area contributed by atoms with Crippen LogP contribution in [0.5, 0.6) is 0 Å². The van der Waals surface area contributed by atoms with Gasteiger partial charge in [-0.15, -0.1) is 21.5 Å². The fraction of sp³-hybridized carbons (Fsp3) is 0.0952. The van der Waals surface area contributed by atoms with Crippen molar-refractivity contribution in [2.45, 2.75) is 17.5 Å². The zero-order chi connectivity index (χ0) is 20.9.